The van der Waals surface area contributed by atoms with Crippen molar-refractivity contribution in [3.63, 3.8) is 0 Å². The smallest absolute Gasteiger partial charge is 0.225 e. The van der Waals surface area contributed by atoms with E-state index < -0.39 is 0 Å². The molecular formula is C29H36N4OS. The summed E-state index contributed by atoms with van der Waals surface area (Å²) >= 11 is 1.90. The van der Waals surface area contributed by atoms with Gasteiger partial charge in [0.05, 0.1) is 5.39 Å². The number of aryl methyl sites for hydroxylation is 2. The number of rotatable bonds is 4. The largest absolute Gasteiger partial charge is 0.352 e. The molecule has 1 aliphatic heterocycles. The fraction of sp³-hybridized carbons (Fsp3) is 0.552. The average molecular weight is 489 g/mol. The molecule has 0 N–H and O–H groups in total. The fourth-order valence-corrected chi connectivity index (χ4v) is 7.47. The zero-order valence-electron chi connectivity index (χ0n) is 20.7. The van der Waals surface area contributed by atoms with Crippen LogP contribution in [0, 0.1) is 5.92 Å². The first kappa shape index (κ1) is 23.0. The highest BCUT2D eigenvalue weighted by atomic mass is 32.1. The number of anilines is 1. The predicted molar refractivity (Wildman–Crippen MR) is 143 cm³/mol. The quantitative estimate of drug-likeness (QED) is 0.437. The molecule has 3 aliphatic rings. The van der Waals surface area contributed by atoms with Crippen molar-refractivity contribution in [3.05, 3.63) is 52.2 Å². The molecular weight excluding hydrogens is 452 g/mol. The molecule has 0 bridgehead atoms. The first-order valence-electron chi connectivity index (χ1n) is 13.6. The lowest BCUT2D eigenvalue weighted by Gasteiger charge is -2.38. The molecule has 2 fully saturated rings. The summed E-state index contributed by atoms with van der Waals surface area (Å²) in [6.45, 7) is 3.34. The van der Waals surface area contributed by atoms with Crippen molar-refractivity contribution in [2.45, 2.75) is 70.6 Å². The third-order valence-corrected chi connectivity index (χ3v) is 9.33. The third-order valence-electron chi connectivity index (χ3n) is 8.14. The number of piperazine rings is 1. The van der Waals surface area contributed by atoms with Crippen LogP contribution >= 0.6 is 11.3 Å². The van der Waals surface area contributed by atoms with E-state index in [9.17, 15) is 4.79 Å². The molecule has 0 radical (unpaired) electrons. The molecule has 1 saturated carbocycles. The first-order chi connectivity index (χ1) is 17.3. The Morgan fingerprint density at radius 2 is 1.63 bits per heavy atom. The summed E-state index contributed by atoms with van der Waals surface area (Å²) < 4.78 is 0. The monoisotopic (exact) mass is 488 g/mol. The maximum Gasteiger partial charge on any atom is 0.225 e. The van der Waals surface area contributed by atoms with Crippen molar-refractivity contribution in [1.29, 1.82) is 0 Å². The van der Waals surface area contributed by atoms with Gasteiger partial charge in [0.2, 0.25) is 5.91 Å². The number of carbonyl (C=O) groups excluding carboxylic acids is 1. The SMILES string of the molecule is O=C(C1CCCCC1)N1CCN(c2nc(Cc3ccccc3)nc3sc4c(c23)CCCCC4)CC1. The number of nitrogens with zero attached hydrogens (tertiary/aromatic N) is 4. The number of carbonyl (C=O) groups is 1. The van der Waals surface area contributed by atoms with Gasteiger partial charge in [0.15, 0.2) is 0 Å². The van der Waals surface area contributed by atoms with Crippen molar-refractivity contribution in [1.82, 2.24) is 14.9 Å². The Morgan fingerprint density at radius 1 is 0.886 bits per heavy atom. The zero-order valence-corrected chi connectivity index (χ0v) is 21.5. The first-order valence-corrected chi connectivity index (χ1v) is 14.5. The topological polar surface area (TPSA) is 49.3 Å². The van der Waals surface area contributed by atoms with Crippen molar-refractivity contribution < 1.29 is 4.79 Å². The maximum absolute atomic E-state index is 13.1. The highest BCUT2D eigenvalue weighted by Crippen LogP contribution is 2.39. The summed E-state index contributed by atoms with van der Waals surface area (Å²) in [5, 5.41) is 1.30. The van der Waals surface area contributed by atoms with Crippen LogP contribution in [0.1, 0.15) is 73.2 Å². The zero-order chi connectivity index (χ0) is 23.6. The van der Waals surface area contributed by atoms with E-state index >= 15 is 0 Å². The van der Waals surface area contributed by atoms with E-state index in [0.717, 1.165) is 68.3 Å². The molecule has 35 heavy (non-hydrogen) atoms. The lowest BCUT2D eigenvalue weighted by atomic mass is 9.88. The summed E-state index contributed by atoms with van der Waals surface area (Å²) in [4.78, 5) is 30.7. The second-order valence-corrected chi connectivity index (χ2v) is 11.6. The Morgan fingerprint density at radius 3 is 2.43 bits per heavy atom. The number of fused-ring (bicyclic) bond motifs is 3. The van der Waals surface area contributed by atoms with Crippen molar-refractivity contribution in [2.24, 2.45) is 5.92 Å². The van der Waals surface area contributed by atoms with Crippen LogP contribution in [0.15, 0.2) is 30.3 Å². The molecule has 5 nitrogen and oxygen atoms in total. The Labute approximate surface area is 212 Å². The van der Waals surface area contributed by atoms with Crippen LogP contribution in [-0.4, -0.2) is 47.0 Å². The van der Waals surface area contributed by atoms with Crippen LogP contribution in [0.5, 0.6) is 0 Å². The number of hydrogen-bond acceptors (Lipinski definition) is 5. The fourth-order valence-electron chi connectivity index (χ4n) is 6.19. The van der Waals surface area contributed by atoms with E-state index in [2.05, 4.69) is 40.1 Å². The molecule has 1 aromatic carbocycles. The van der Waals surface area contributed by atoms with Gasteiger partial charge in [-0.05, 0) is 49.7 Å². The van der Waals surface area contributed by atoms with Crippen molar-refractivity contribution in [2.75, 3.05) is 31.1 Å². The molecule has 6 heteroatoms. The lowest BCUT2D eigenvalue weighted by molar-refractivity contribution is -0.136. The van der Waals surface area contributed by atoms with E-state index in [1.807, 2.05) is 11.3 Å². The predicted octanol–water partition coefficient (Wildman–Crippen LogP) is 5.78. The third kappa shape index (κ3) is 4.82. The van der Waals surface area contributed by atoms with Gasteiger partial charge in [0.25, 0.3) is 0 Å². The molecule has 3 heterocycles. The highest BCUT2D eigenvalue weighted by molar-refractivity contribution is 7.19. The molecule has 184 valence electrons. The molecule has 3 aromatic rings. The summed E-state index contributed by atoms with van der Waals surface area (Å²) in [7, 11) is 0. The number of benzene rings is 1. The van der Waals surface area contributed by atoms with Gasteiger partial charge in [0.1, 0.15) is 16.5 Å². The van der Waals surface area contributed by atoms with E-state index in [1.165, 1.54) is 66.3 Å². The maximum atomic E-state index is 13.1. The second kappa shape index (κ2) is 10.3. The Balaban J connectivity index is 1.29. The van der Waals surface area contributed by atoms with Crippen molar-refractivity contribution >= 4 is 33.3 Å². The molecule has 0 spiro atoms. The van der Waals surface area contributed by atoms with Crippen LogP contribution in [-0.2, 0) is 24.1 Å². The average Bonchev–Trinajstić information content (AvgIpc) is 3.09. The van der Waals surface area contributed by atoms with Gasteiger partial charge < -0.3 is 9.80 Å². The van der Waals surface area contributed by atoms with Gasteiger partial charge in [0, 0.05) is 43.4 Å². The Kier molecular flexibility index (Phi) is 6.73. The molecule has 2 aliphatic carbocycles. The number of thiophene rings is 1. The van der Waals surface area contributed by atoms with Crippen LogP contribution in [0.25, 0.3) is 10.2 Å². The van der Waals surface area contributed by atoms with Gasteiger partial charge >= 0.3 is 0 Å². The van der Waals surface area contributed by atoms with Gasteiger partial charge in [-0.1, -0.05) is 56.0 Å². The normalized spacial score (nSPS) is 19.5. The summed E-state index contributed by atoms with van der Waals surface area (Å²) in [6.07, 6.45) is 12.8. The summed E-state index contributed by atoms with van der Waals surface area (Å²) in [5.74, 6) is 2.68. The highest BCUT2D eigenvalue weighted by Gasteiger charge is 2.30. The van der Waals surface area contributed by atoms with E-state index in [4.69, 9.17) is 9.97 Å². The van der Waals surface area contributed by atoms with Gasteiger partial charge in [-0.25, -0.2) is 9.97 Å². The number of amides is 1. The van der Waals surface area contributed by atoms with Crippen LogP contribution in [0.2, 0.25) is 0 Å². The minimum absolute atomic E-state index is 0.256. The summed E-state index contributed by atoms with van der Waals surface area (Å²) in [6, 6.07) is 10.6. The van der Waals surface area contributed by atoms with Crippen LogP contribution < -0.4 is 4.90 Å². The summed E-state index contributed by atoms with van der Waals surface area (Å²) in [5.41, 5.74) is 2.75. The minimum atomic E-state index is 0.256. The minimum Gasteiger partial charge on any atom is -0.352 e. The molecule has 6 rings (SSSR count). The molecule has 2 aromatic heterocycles. The molecule has 1 saturated heterocycles. The van der Waals surface area contributed by atoms with Crippen LogP contribution in [0.4, 0.5) is 5.82 Å². The molecule has 0 atom stereocenters. The van der Waals surface area contributed by atoms with Crippen LogP contribution in [0.3, 0.4) is 0 Å². The van der Waals surface area contributed by atoms with Gasteiger partial charge in [-0.2, -0.15) is 0 Å². The lowest BCUT2D eigenvalue weighted by Crippen LogP contribution is -2.51. The number of hydrogen-bond donors (Lipinski definition) is 0. The van der Waals surface area contributed by atoms with Gasteiger partial charge in [-0.15, -0.1) is 11.3 Å². The van der Waals surface area contributed by atoms with Crippen molar-refractivity contribution in [3.8, 4) is 0 Å². The number of aromatic nitrogens is 2. The second-order valence-electron chi connectivity index (χ2n) is 10.5. The Hall–Kier alpha value is -2.47. The molecule has 1 amide bonds. The van der Waals surface area contributed by atoms with E-state index in [1.54, 1.807) is 0 Å². The Bertz CT molecular complexity index is 1180. The molecule has 0 unspecified atom stereocenters. The van der Waals surface area contributed by atoms with Gasteiger partial charge in [-0.3, -0.25) is 4.79 Å². The van der Waals surface area contributed by atoms with E-state index in [-0.39, 0.29) is 5.92 Å². The van der Waals surface area contributed by atoms with E-state index in [0.29, 0.717) is 5.91 Å². The standard InChI is InChI=1S/C29H36N4OS/c34-29(22-12-6-2-7-13-22)33-18-16-32(17-19-33)27-26-23-14-8-3-9-15-24(23)35-28(26)31-25(30-27)20-21-10-4-1-5-11-21/h1,4-5,10-11,22H,2-3,6-9,12-20H2.